The van der Waals surface area contributed by atoms with Gasteiger partial charge in [-0.3, -0.25) is 4.90 Å². The highest BCUT2D eigenvalue weighted by molar-refractivity contribution is 5.32. The molecule has 1 aromatic carbocycles. The van der Waals surface area contributed by atoms with Crippen LogP contribution in [0.3, 0.4) is 0 Å². The molecule has 0 saturated carbocycles. The highest BCUT2D eigenvalue weighted by Crippen LogP contribution is 2.32. The third kappa shape index (κ3) is 2.70. The minimum atomic E-state index is 0.591. The molecule has 19 heavy (non-hydrogen) atoms. The molecule has 2 heteroatoms. The first kappa shape index (κ1) is 13.1. The van der Waals surface area contributed by atoms with Gasteiger partial charge in [-0.1, -0.05) is 44.0 Å². The maximum absolute atomic E-state index is 3.61. The second-order valence-corrected chi connectivity index (χ2v) is 5.99. The number of nitrogens with one attached hydrogen (secondary N) is 1. The van der Waals surface area contributed by atoms with Crippen LogP contribution in [0.5, 0.6) is 0 Å². The van der Waals surface area contributed by atoms with Crippen LogP contribution in [0.1, 0.15) is 56.2 Å². The zero-order chi connectivity index (χ0) is 13.1. The Kier molecular flexibility index (Phi) is 4.19. The van der Waals surface area contributed by atoms with Crippen molar-refractivity contribution in [1.29, 1.82) is 0 Å². The Hall–Kier alpha value is -0.860. The average Bonchev–Trinajstić information content (AvgIpc) is 2.71. The number of likely N-dealkylation sites (tertiary alicyclic amines) is 1. The summed E-state index contributed by atoms with van der Waals surface area (Å²) in [6, 6.07) is 10.4. The molecule has 2 aliphatic heterocycles. The zero-order valence-corrected chi connectivity index (χ0v) is 12.1. The van der Waals surface area contributed by atoms with Gasteiger partial charge in [0.25, 0.3) is 0 Å². The number of fused-ring (bicyclic) bond motifs is 1. The molecule has 0 spiro atoms. The molecule has 0 bridgehead atoms. The van der Waals surface area contributed by atoms with Crippen molar-refractivity contribution < 1.29 is 0 Å². The fourth-order valence-corrected chi connectivity index (χ4v) is 3.82. The SMILES string of the molecule is CCC1CCCCCN1C1CNCc2ccccc21. The van der Waals surface area contributed by atoms with Gasteiger partial charge in [-0.25, -0.2) is 0 Å². The van der Waals surface area contributed by atoms with Crippen LogP contribution in [0.25, 0.3) is 0 Å². The molecule has 0 radical (unpaired) electrons. The van der Waals surface area contributed by atoms with E-state index in [1.54, 1.807) is 5.56 Å². The summed E-state index contributed by atoms with van der Waals surface area (Å²) < 4.78 is 0. The second-order valence-electron chi connectivity index (χ2n) is 5.99. The number of hydrogen-bond acceptors (Lipinski definition) is 2. The van der Waals surface area contributed by atoms with E-state index in [-0.39, 0.29) is 0 Å². The summed E-state index contributed by atoms with van der Waals surface area (Å²) >= 11 is 0. The summed E-state index contributed by atoms with van der Waals surface area (Å²) in [7, 11) is 0. The predicted octanol–water partition coefficient (Wildman–Crippen LogP) is 3.49. The second kappa shape index (κ2) is 6.06. The van der Waals surface area contributed by atoms with Crippen LogP contribution in [-0.2, 0) is 6.54 Å². The molecule has 2 heterocycles. The Balaban J connectivity index is 1.88. The highest BCUT2D eigenvalue weighted by Gasteiger charge is 2.30. The standard InChI is InChI=1S/C17H26N2/c1-2-15-9-4-3-7-11-19(15)17-13-18-12-14-8-5-6-10-16(14)17/h5-6,8,10,15,17-18H,2-4,7,9,11-13H2,1H3. The lowest BCUT2D eigenvalue weighted by Gasteiger charge is -2.40. The van der Waals surface area contributed by atoms with Gasteiger partial charge in [0.15, 0.2) is 0 Å². The normalized spacial score (nSPS) is 28.7. The van der Waals surface area contributed by atoms with E-state index in [0.29, 0.717) is 6.04 Å². The largest absolute Gasteiger partial charge is 0.311 e. The van der Waals surface area contributed by atoms with Crippen LogP contribution in [-0.4, -0.2) is 24.0 Å². The quantitative estimate of drug-likeness (QED) is 0.873. The number of rotatable bonds is 2. The van der Waals surface area contributed by atoms with E-state index in [2.05, 4.69) is 41.4 Å². The maximum Gasteiger partial charge on any atom is 0.0478 e. The van der Waals surface area contributed by atoms with Gasteiger partial charge < -0.3 is 5.32 Å². The summed E-state index contributed by atoms with van der Waals surface area (Å²) in [5.74, 6) is 0. The molecule has 2 unspecified atom stereocenters. The van der Waals surface area contributed by atoms with E-state index in [0.717, 1.165) is 19.1 Å². The molecule has 2 aliphatic rings. The van der Waals surface area contributed by atoms with Crippen LogP contribution in [0.4, 0.5) is 0 Å². The Bertz CT molecular complexity index is 415. The zero-order valence-electron chi connectivity index (χ0n) is 12.1. The van der Waals surface area contributed by atoms with Crippen molar-refractivity contribution in [3.05, 3.63) is 35.4 Å². The van der Waals surface area contributed by atoms with Gasteiger partial charge in [0, 0.05) is 25.2 Å². The van der Waals surface area contributed by atoms with Crippen LogP contribution in [0, 0.1) is 0 Å². The predicted molar refractivity (Wildman–Crippen MR) is 80.1 cm³/mol. The first-order valence-corrected chi connectivity index (χ1v) is 7.94. The van der Waals surface area contributed by atoms with E-state index in [9.17, 15) is 0 Å². The van der Waals surface area contributed by atoms with E-state index in [1.165, 1.54) is 44.2 Å². The monoisotopic (exact) mass is 258 g/mol. The third-order valence-electron chi connectivity index (χ3n) is 4.86. The van der Waals surface area contributed by atoms with Gasteiger partial charge in [-0.15, -0.1) is 0 Å². The van der Waals surface area contributed by atoms with Crippen molar-refractivity contribution in [3.63, 3.8) is 0 Å². The molecular formula is C17H26N2. The van der Waals surface area contributed by atoms with Gasteiger partial charge in [-0.05, 0) is 36.9 Å². The van der Waals surface area contributed by atoms with Gasteiger partial charge in [-0.2, -0.15) is 0 Å². The lowest BCUT2D eigenvalue weighted by Crippen LogP contribution is -2.44. The summed E-state index contributed by atoms with van der Waals surface area (Å²) in [6.07, 6.45) is 6.87. The van der Waals surface area contributed by atoms with E-state index < -0.39 is 0 Å². The number of hydrogen-bond donors (Lipinski definition) is 1. The molecule has 1 aromatic rings. The van der Waals surface area contributed by atoms with Crippen molar-refractivity contribution in [2.24, 2.45) is 0 Å². The fraction of sp³-hybridized carbons (Fsp3) is 0.647. The molecule has 3 rings (SSSR count). The molecule has 1 saturated heterocycles. The molecule has 104 valence electrons. The molecule has 0 aliphatic carbocycles. The topological polar surface area (TPSA) is 15.3 Å². The molecule has 0 aromatic heterocycles. The Morgan fingerprint density at radius 2 is 2.11 bits per heavy atom. The molecule has 1 N–H and O–H groups in total. The van der Waals surface area contributed by atoms with E-state index >= 15 is 0 Å². The van der Waals surface area contributed by atoms with Crippen LogP contribution >= 0.6 is 0 Å². The summed E-state index contributed by atoms with van der Waals surface area (Å²) in [5, 5.41) is 3.61. The van der Waals surface area contributed by atoms with Crippen molar-refractivity contribution in [3.8, 4) is 0 Å². The third-order valence-corrected chi connectivity index (χ3v) is 4.86. The van der Waals surface area contributed by atoms with Crippen molar-refractivity contribution in [2.45, 2.75) is 57.7 Å². The van der Waals surface area contributed by atoms with Gasteiger partial charge in [0.1, 0.15) is 0 Å². The maximum atomic E-state index is 3.61. The molecule has 0 amide bonds. The van der Waals surface area contributed by atoms with Crippen LogP contribution < -0.4 is 5.32 Å². The summed E-state index contributed by atoms with van der Waals surface area (Å²) in [5.41, 5.74) is 3.07. The number of nitrogens with zero attached hydrogens (tertiary/aromatic N) is 1. The van der Waals surface area contributed by atoms with E-state index in [1.807, 2.05) is 0 Å². The lowest BCUT2D eigenvalue weighted by molar-refractivity contribution is 0.124. The Morgan fingerprint density at radius 1 is 1.21 bits per heavy atom. The Labute approximate surface area is 117 Å². The van der Waals surface area contributed by atoms with Crippen molar-refractivity contribution >= 4 is 0 Å². The van der Waals surface area contributed by atoms with Gasteiger partial charge in [0.05, 0.1) is 0 Å². The smallest absolute Gasteiger partial charge is 0.0478 e. The highest BCUT2D eigenvalue weighted by atomic mass is 15.2. The van der Waals surface area contributed by atoms with Crippen LogP contribution in [0.15, 0.2) is 24.3 Å². The summed E-state index contributed by atoms with van der Waals surface area (Å²) in [4.78, 5) is 2.79. The number of benzene rings is 1. The minimum Gasteiger partial charge on any atom is -0.311 e. The van der Waals surface area contributed by atoms with Crippen molar-refractivity contribution in [2.75, 3.05) is 13.1 Å². The minimum absolute atomic E-state index is 0.591. The van der Waals surface area contributed by atoms with Crippen LogP contribution in [0.2, 0.25) is 0 Å². The fourth-order valence-electron chi connectivity index (χ4n) is 3.82. The average molecular weight is 258 g/mol. The first-order valence-electron chi connectivity index (χ1n) is 7.94. The van der Waals surface area contributed by atoms with Gasteiger partial charge in [0.2, 0.25) is 0 Å². The molecular weight excluding hydrogens is 232 g/mol. The van der Waals surface area contributed by atoms with Gasteiger partial charge >= 0.3 is 0 Å². The van der Waals surface area contributed by atoms with Crippen molar-refractivity contribution in [1.82, 2.24) is 10.2 Å². The Morgan fingerprint density at radius 3 is 3.00 bits per heavy atom. The molecule has 2 nitrogen and oxygen atoms in total. The molecule has 1 fully saturated rings. The molecule has 2 atom stereocenters. The summed E-state index contributed by atoms with van der Waals surface area (Å²) in [6.45, 7) is 5.79. The first-order chi connectivity index (χ1) is 9.40. The van der Waals surface area contributed by atoms with E-state index in [4.69, 9.17) is 0 Å². The lowest BCUT2D eigenvalue weighted by atomic mass is 9.93.